The fraction of sp³-hybridized carbons (Fsp3) is 0.176. The zero-order valence-electron chi connectivity index (χ0n) is 12.3. The quantitative estimate of drug-likeness (QED) is 0.729. The minimum atomic E-state index is -3.76. The SMILES string of the molecule is O=S(=O)(/C=C/c1ccccc1)Oc1ccc(C2SCCS2)cc1. The van der Waals surface area contributed by atoms with Crippen LogP contribution in [0.15, 0.2) is 60.0 Å². The van der Waals surface area contributed by atoms with Gasteiger partial charge in [-0.25, -0.2) is 0 Å². The van der Waals surface area contributed by atoms with Crippen molar-refractivity contribution in [3.63, 3.8) is 0 Å². The van der Waals surface area contributed by atoms with E-state index < -0.39 is 10.1 Å². The van der Waals surface area contributed by atoms with Gasteiger partial charge in [0.1, 0.15) is 5.75 Å². The molecule has 1 saturated heterocycles. The Balaban J connectivity index is 1.66. The molecule has 23 heavy (non-hydrogen) atoms. The fourth-order valence-corrected chi connectivity index (χ4v) is 5.74. The van der Waals surface area contributed by atoms with E-state index in [1.165, 1.54) is 11.6 Å². The van der Waals surface area contributed by atoms with Gasteiger partial charge in [-0.2, -0.15) is 8.42 Å². The van der Waals surface area contributed by atoms with E-state index in [1.807, 2.05) is 66.0 Å². The van der Waals surface area contributed by atoms with Gasteiger partial charge >= 0.3 is 10.1 Å². The molecule has 6 heteroatoms. The molecule has 0 atom stereocenters. The van der Waals surface area contributed by atoms with Crippen LogP contribution in [-0.2, 0) is 10.1 Å². The Morgan fingerprint density at radius 2 is 1.61 bits per heavy atom. The van der Waals surface area contributed by atoms with Gasteiger partial charge in [-0.3, -0.25) is 0 Å². The highest BCUT2D eigenvalue weighted by Gasteiger charge is 2.18. The molecule has 1 fully saturated rings. The lowest BCUT2D eigenvalue weighted by Gasteiger charge is -2.09. The van der Waals surface area contributed by atoms with Gasteiger partial charge in [-0.1, -0.05) is 42.5 Å². The van der Waals surface area contributed by atoms with Gasteiger partial charge in [0.25, 0.3) is 0 Å². The summed E-state index contributed by atoms with van der Waals surface area (Å²) >= 11 is 3.83. The number of hydrogen-bond donors (Lipinski definition) is 0. The smallest absolute Gasteiger partial charge is 0.332 e. The molecule has 0 aromatic heterocycles. The monoisotopic (exact) mass is 364 g/mol. The van der Waals surface area contributed by atoms with E-state index in [2.05, 4.69) is 0 Å². The molecule has 0 unspecified atom stereocenters. The predicted octanol–water partition coefficient (Wildman–Crippen LogP) is 4.54. The maximum absolute atomic E-state index is 12.0. The first-order valence-electron chi connectivity index (χ1n) is 7.13. The molecule has 0 aliphatic carbocycles. The van der Waals surface area contributed by atoms with Gasteiger partial charge in [0.05, 0.1) is 9.99 Å². The summed E-state index contributed by atoms with van der Waals surface area (Å²) in [5.74, 6) is 2.65. The van der Waals surface area contributed by atoms with E-state index in [0.717, 1.165) is 22.5 Å². The van der Waals surface area contributed by atoms with Crippen LogP contribution >= 0.6 is 23.5 Å². The summed E-state index contributed by atoms with van der Waals surface area (Å²) in [4.78, 5) is 0. The van der Waals surface area contributed by atoms with Crippen molar-refractivity contribution < 1.29 is 12.6 Å². The summed E-state index contributed by atoms with van der Waals surface area (Å²) in [6.07, 6.45) is 1.52. The van der Waals surface area contributed by atoms with E-state index in [0.29, 0.717) is 10.3 Å². The van der Waals surface area contributed by atoms with Gasteiger partial charge < -0.3 is 4.18 Å². The average Bonchev–Trinajstić information content (AvgIpc) is 3.09. The number of hydrogen-bond acceptors (Lipinski definition) is 5. The second-order valence-electron chi connectivity index (χ2n) is 4.93. The van der Waals surface area contributed by atoms with E-state index in [9.17, 15) is 8.42 Å². The average molecular weight is 365 g/mol. The topological polar surface area (TPSA) is 43.4 Å². The highest BCUT2D eigenvalue weighted by Crippen LogP contribution is 2.45. The fourth-order valence-electron chi connectivity index (χ4n) is 2.12. The first-order chi connectivity index (χ1) is 11.1. The maximum atomic E-state index is 12.0. The minimum Gasteiger partial charge on any atom is -0.379 e. The summed E-state index contributed by atoms with van der Waals surface area (Å²) < 4.78 is 29.6. The van der Waals surface area contributed by atoms with E-state index in [1.54, 1.807) is 12.1 Å². The van der Waals surface area contributed by atoms with E-state index in [-0.39, 0.29) is 0 Å². The van der Waals surface area contributed by atoms with Gasteiger partial charge in [0, 0.05) is 11.5 Å². The lowest BCUT2D eigenvalue weighted by Crippen LogP contribution is -2.05. The van der Waals surface area contributed by atoms with Crippen molar-refractivity contribution in [2.24, 2.45) is 0 Å². The molecule has 0 radical (unpaired) electrons. The molecule has 0 saturated carbocycles. The van der Waals surface area contributed by atoms with Crippen molar-refractivity contribution in [3.8, 4) is 5.75 Å². The summed E-state index contributed by atoms with van der Waals surface area (Å²) in [6, 6.07) is 16.5. The molecule has 1 aliphatic rings. The van der Waals surface area contributed by atoms with Crippen molar-refractivity contribution in [2.45, 2.75) is 4.58 Å². The normalized spacial score (nSPS) is 16.0. The number of benzene rings is 2. The largest absolute Gasteiger partial charge is 0.379 e. The number of thioether (sulfide) groups is 2. The summed E-state index contributed by atoms with van der Waals surface area (Å²) in [5.41, 5.74) is 2.01. The second kappa shape index (κ2) is 7.47. The van der Waals surface area contributed by atoms with Gasteiger partial charge in [0.2, 0.25) is 0 Å². The lowest BCUT2D eigenvalue weighted by molar-refractivity contribution is 0.497. The third kappa shape index (κ3) is 4.80. The van der Waals surface area contributed by atoms with Crippen molar-refractivity contribution in [2.75, 3.05) is 11.5 Å². The third-order valence-electron chi connectivity index (χ3n) is 3.21. The molecular formula is C17H16O3S3. The highest BCUT2D eigenvalue weighted by atomic mass is 32.2. The van der Waals surface area contributed by atoms with Crippen LogP contribution in [0.25, 0.3) is 6.08 Å². The van der Waals surface area contributed by atoms with Crippen LogP contribution in [0.1, 0.15) is 15.7 Å². The van der Waals surface area contributed by atoms with Crippen LogP contribution in [0, 0.1) is 0 Å². The van der Waals surface area contributed by atoms with Crippen LogP contribution in [0.5, 0.6) is 5.75 Å². The first kappa shape index (κ1) is 16.5. The van der Waals surface area contributed by atoms with Crippen molar-refractivity contribution >= 4 is 39.7 Å². The van der Waals surface area contributed by atoms with E-state index in [4.69, 9.17) is 4.18 Å². The third-order valence-corrected chi connectivity index (χ3v) is 7.21. The summed E-state index contributed by atoms with van der Waals surface area (Å²) in [5, 5.41) is 1.08. The molecule has 1 heterocycles. The molecule has 2 aromatic carbocycles. The zero-order chi connectivity index (χ0) is 16.1. The minimum absolute atomic E-state index is 0.333. The Morgan fingerprint density at radius 3 is 2.26 bits per heavy atom. The Hall–Kier alpha value is -1.37. The van der Waals surface area contributed by atoms with Crippen LogP contribution in [-0.4, -0.2) is 19.9 Å². The van der Waals surface area contributed by atoms with Crippen molar-refractivity contribution in [1.29, 1.82) is 0 Å². The Kier molecular flexibility index (Phi) is 5.35. The molecule has 2 aromatic rings. The van der Waals surface area contributed by atoms with Gasteiger partial charge in [0.15, 0.2) is 0 Å². The molecule has 3 rings (SSSR count). The zero-order valence-corrected chi connectivity index (χ0v) is 14.7. The van der Waals surface area contributed by atoms with Gasteiger partial charge in [-0.15, -0.1) is 23.5 Å². The summed E-state index contributed by atoms with van der Waals surface area (Å²) in [7, 11) is -3.76. The van der Waals surface area contributed by atoms with Crippen LogP contribution in [0.4, 0.5) is 0 Å². The first-order valence-corrected chi connectivity index (χ1v) is 10.7. The standard InChI is InChI=1S/C17H16O3S3/c18-23(19,13-10-14-4-2-1-3-5-14)20-16-8-6-15(7-9-16)17-21-11-12-22-17/h1-10,13,17H,11-12H2/b13-10+. The highest BCUT2D eigenvalue weighted by molar-refractivity contribution is 8.19. The van der Waals surface area contributed by atoms with Crippen LogP contribution < -0.4 is 4.18 Å². The molecule has 0 amide bonds. The predicted molar refractivity (Wildman–Crippen MR) is 99.1 cm³/mol. The van der Waals surface area contributed by atoms with Gasteiger partial charge in [-0.05, 0) is 29.3 Å². The molecule has 3 nitrogen and oxygen atoms in total. The van der Waals surface area contributed by atoms with Crippen LogP contribution in [0.3, 0.4) is 0 Å². The molecule has 0 N–H and O–H groups in total. The second-order valence-corrected chi connectivity index (χ2v) is 9.08. The molecule has 120 valence electrons. The Bertz CT molecular complexity index is 762. The Labute approximate surface area is 145 Å². The van der Waals surface area contributed by atoms with E-state index >= 15 is 0 Å². The molecular weight excluding hydrogens is 348 g/mol. The van der Waals surface area contributed by atoms with Crippen molar-refractivity contribution in [3.05, 3.63) is 71.1 Å². The Morgan fingerprint density at radius 1 is 0.957 bits per heavy atom. The summed E-state index contributed by atoms with van der Waals surface area (Å²) in [6.45, 7) is 0. The maximum Gasteiger partial charge on any atom is 0.332 e. The molecule has 0 spiro atoms. The van der Waals surface area contributed by atoms with Crippen LogP contribution in [0.2, 0.25) is 0 Å². The lowest BCUT2D eigenvalue weighted by atomic mass is 10.2. The molecule has 1 aliphatic heterocycles. The van der Waals surface area contributed by atoms with Crippen molar-refractivity contribution in [1.82, 2.24) is 0 Å². The number of rotatable bonds is 5. The molecule has 0 bridgehead atoms.